The Morgan fingerprint density at radius 1 is 0.840 bits per heavy atom. The van der Waals surface area contributed by atoms with Crippen LogP contribution in [0.1, 0.15) is 33.4 Å². The van der Waals surface area contributed by atoms with Gasteiger partial charge in [-0.15, -0.1) is 0 Å². The number of benzene rings is 2. The summed E-state index contributed by atoms with van der Waals surface area (Å²) < 4.78 is 28.4. The van der Waals surface area contributed by atoms with Gasteiger partial charge in [0.15, 0.2) is 0 Å². The summed E-state index contributed by atoms with van der Waals surface area (Å²) in [5.74, 6) is 0. The van der Waals surface area contributed by atoms with Crippen molar-refractivity contribution >= 4 is 33.2 Å². The predicted octanol–water partition coefficient (Wildman–Crippen LogP) is 5.06. The summed E-state index contributed by atoms with van der Waals surface area (Å²) >= 11 is 11.9. The highest BCUT2D eigenvalue weighted by Crippen LogP contribution is 2.29. The van der Waals surface area contributed by atoms with Gasteiger partial charge in [0.1, 0.15) is 0 Å². The van der Waals surface area contributed by atoms with Crippen LogP contribution < -0.4 is 4.72 Å². The molecular weight excluding hydrogens is 377 g/mol. The third kappa shape index (κ3) is 4.20. The van der Waals surface area contributed by atoms with E-state index in [4.69, 9.17) is 23.2 Å². The summed E-state index contributed by atoms with van der Waals surface area (Å²) in [5.41, 5.74) is 5.73. The van der Waals surface area contributed by atoms with E-state index in [0.717, 1.165) is 33.4 Å². The minimum Gasteiger partial charge on any atom is -0.211 e. The molecule has 0 aliphatic carbocycles. The minimum absolute atomic E-state index is 0.297. The lowest BCUT2D eigenvalue weighted by molar-refractivity contribution is 0.580. The van der Waals surface area contributed by atoms with Gasteiger partial charge in [-0.05, 0) is 86.6 Å². The van der Waals surface area contributed by atoms with E-state index >= 15 is 0 Å². The van der Waals surface area contributed by atoms with Crippen LogP contribution in [0.4, 0.5) is 0 Å². The lowest BCUT2D eigenvalue weighted by atomic mass is 9.95. The van der Waals surface area contributed by atoms with Gasteiger partial charge in [-0.1, -0.05) is 29.3 Å². The zero-order chi connectivity index (χ0) is 18.9. The first kappa shape index (κ1) is 20.2. The molecule has 3 nitrogen and oxygen atoms in total. The smallest absolute Gasteiger partial charge is 0.211 e. The van der Waals surface area contributed by atoms with Crippen molar-refractivity contribution in [3.63, 3.8) is 0 Å². The Hall–Kier alpha value is -1.07. The summed E-state index contributed by atoms with van der Waals surface area (Å²) in [5, 5.41) is 0.960. The van der Waals surface area contributed by atoms with E-state index in [1.165, 1.54) is 0 Å². The molecule has 0 fully saturated rings. The van der Waals surface area contributed by atoms with Crippen LogP contribution in [0, 0.1) is 34.6 Å². The third-order valence-corrected chi connectivity index (χ3v) is 7.36. The summed E-state index contributed by atoms with van der Waals surface area (Å²) in [6, 6.07) is 5.32. The molecule has 0 saturated heterocycles. The molecule has 0 unspecified atom stereocenters. The van der Waals surface area contributed by atoms with E-state index in [1.54, 1.807) is 12.1 Å². The molecule has 2 aromatic carbocycles. The third-order valence-electron chi connectivity index (χ3n) is 4.89. The minimum atomic E-state index is -3.58. The number of hydrogen-bond donors (Lipinski definition) is 1. The van der Waals surface area contributed by atoms with Gasteiger partial charge in [0, 0.05) is 6.54 Å². The van der Waals surface area contributed by atoms with E-state index in [-0.39, 0.29) is 0 Å². The van der Waals surface area contributed by atoms with Crippen LogP contribution in [0.3, 0.4) is 0 Å². The number of nitrogens with one attached hydrogen (secondary N) is 1. The summed E-state index contributed by atoms with van der Waals surface area (Å²) in [4.78, 5) is 0.391. The highest BCUT2D eigenvalue weighted by molar-refractivity contribution is 7.89. The molecule has 0 radical (unpaired) electrons. The maximum absolute atomic E-state index is 12.8. The maximum atomic E-state index is 12.8. The Kier molecular flexibility index (Phi) is 6.21. The van der Waals surface area contributed by atoms with E-state index in [1.807, 2.05) is 40.7 Å². The number of halogens is 2. The van der Waals surface area contributed by atoms with Crippen molar-refractivity contribution in [3.05, 3.63) is 61.6 Å². The van der Waals surface area contributed by atoms with Gasteiger partial charge >= 0.3 is 0 Å². The van der Waals surface area contributed by atoms with Crippen molar-refractivity contribution in [2.75, 3.05) is 6.54 Å². The van der Waals surface area contributed by atoms with Gasteiger partial charge in [0.2, 0.25) is 10.0 Å². The van der Waals surface area contributed by atoms with Gasteiger partial charge in [0.25, 0.3) is 0 Å². The monoisotopic (exact) mass is 399 g/mol. The van der Waals surface area contributed by atoms with E-state index in [9.17, 15) is 8.42 Å². The van der Waals surface area contributed by atoms with Crippen LogP contribution in [0.25, 0.3) is 0 Å². The molecule has 25 heavy (non-hydrogen) atoms. The molecule has 0 heterocycles. The molecule has 0 saturated carbocycles. The average molecular weight is 400 g/mol. The standard InChI is InChI=1S/C19H23Cl2NO2S/c1-11-12(2)14(4)19(15(5)13(11)3)25(23,24)22-9-8-16-6-7-17(20)18(21)10-16/h6-7,10,22H,8-9H2,1-5H3. The van der Waals surface area contributed by atoms with Crippen molar-refractivity contribution in [3.8, 4) is 0 Å². The molecule has 2 rings (SSSR count). The number of rotatable bonds is 5. The second-order valence-corrected chi connectivity index (χ2v) is 8.87. The van der Waals surface area contributed by atoms with Gasteiger partial charge in [-0.25, -0.2) is 13.1 Å². The topological polar surface area (TPSA) is 46.2 Å². The quantitative estimate of drug-likeness (QED) is 0.763. The molecule has 0 atom stereocenters. The van der Waals surface area contributed by atoms with Crippen LogP contribution >= 0.6 is 23.2 Å². The Morgan fingerprint density at radius 2 is 1.36 bits per heavy atom. The Balaban J connectivity index is 2.24. The second-order valence-electron chi connectivity index (χ2n) is 6.35. The molecule has 0 bridgehead atoms. The zero-order valence-electron chi connectivity index (χ0n) is 15.1. The van der Waals surface area contributed by atoms with E-state index < -0.39 is 10.0 Å². The van der Waals surface area contributed by atoms with Gasteiger partial charge in [-0.3, -0.25) is 0 Å². The molecule has 0 aliphatic heterocycles. The lowest BCUT2D eigenvalue weighted by Gasteiger charge is -2.19. The summed E-state index contributed by atoms with van der Waals surface area (Å²) in [7, 11) is -3.58. The fourth-order valence-electron chi connectivity index (χ4n) is 2.97. The van der Waals surface area contributed by atoms with Gasteiger partial charge < -0.3 is 0 Å². The van der Waals surface area contributed by atoms with Gasteiger partial charge in [0.05, 0.1) is 14.9 Å². The molecule has 2 aromatic rings. The van der Waals surface area contributed by atoms with Crippen LogP contribution in [0.2, 0.25) is 10.0 Å². The fraction of sp³-hybridized carbons (Fsp3) is 0.368. The van der Waals surface area contributed by atoms with Crippen LogP contribution in [0.5, 0.6) is 0 Å². The Morgan fingerprint density at radius 3 is 1.88 bits per heavy atom. The first-order valence-electron chi connectivity index (χ1n) is 8.06. The largest absolute Gasteiger partial charge is 0.241 e. The zero-order valence-corrected chi connectivity index (χ0v) is 17.5. The molecular formula is C19H23Cl2NO2S. The predicted molar refractivity (Wildman–Crippen MR) is 105 cm³/mol. The van der Waals surface area contributed by atoms with E-state index in [2.05, 4.69) is 4.72 Å². The molecule has 1 N–H and O–H groups in total. The molecule has 6 heteroatoms. The van der Waals surface area contributed by atoms with Crippen LogP contribution in [-0.2, 0) is 16.4 Å². The maximum Gasteiger partial charge on any atom is 0.241 e. The van der Waals surface area contributed by atoms with Crippen molar-refractivity contribution in [1.29, 1.82) is 0 Å². The molecule has 0 aromatic heterocycles. The normalized spacial score (nSPS) is 11.8. The Labute approximate surface area is 160 Å². The van der Waals surface area contributed by atoms with Crippen molar-refractivity contribution in [2.24, 2.45) is 0 Å². The molecule has 0 amide bonds. The van der Waals surface area contributed by atoms with Crippen LogP contribution in [-0.4, -0.2) is 15.0 Å². The Bertz CT molecular complexity index is 893. The lowest BCUT2D eigenvalue weighted by Crippen LogP contribution is -2.28. The SMILES string of the molecule is Cc1c(C)c(C)c(S(=O)(=O)NCCc2ccc(Cl)c(Cl)c2)c(C)c1C. The average Bonchev–Trinajstić information content (AvgIpc) is 2.54. The highest BCUT2D eigenvalue weighted by Gasteiger charge is 2.23. The first-order chi connectivity index (χ1) is 11.6. The molecule has 0 spiro atoms. The fourth-order valence-corrected chi connectivity index (χ4v) is 4.91. The van der Waals surface area contributed by atoms with Crippen LogP contribution in [0.15, 0.2) is 23.1 Å². The van der Waals surface area contributed by atoms with Crippen molar-refractivity contribution in [1.82, 2.24) is 4.72 Å². The number of sulfonamides is 1. The second kappa shape index (κ2) is 7.67. The summed E-state index contributed by atoms with van der Waals surface area (Å²) in [6.07, 6.45) is 0.540. The number of hydrogen-bond acceptors (Lipinski definition) is 2. The highest BCUT2D eigenvalue weighted by atomic mass is 35.5. The van der Waals surface area contributed by atoms with E-state index in [0.29, 0.717) is 27.9 Å². The first-order valence-corrected chi connectivity index (χ1v) is 10.3. The van der Waals surface area contributed by atoms with Crippen molar-refractivity contribution < 1.29 is 8.42 Å². The van der Waals surface area contributed by atoms with Crippen molar-refractivity contribution in [2.45, 2.75) is 45.9 Å². The molecule has 0 aliphatic rings. The summed E-state index contributed by atoms with van der Waals surface area (Å²) in [6.45, 7) is 9.98. The molecule has 136 valence electrons. The van der Waals surface area contributed by atoms with Gasteiger partial charge in [-0.2, -0.15) is 0 Å².